The van der Waals surface area contributed by atoms with Crippen LogP contribution in [-0.2, 0) is 10.8 Å². The molecule has 0 rings (SSSR count). The molecule has 14 heavy (non-hydrogen) atoms. The number of rotatable bonds is 6. The average Bonchev–Trinajstić information content (AvgIpc) is 1.98. The summed E-state index contributed by atoms with van der Waals surface area (Å²) in [6.45, 7) is 1.73. The first-order valence-electron chi connectivity index (χ1n) is 4.41. The molecule has 0 saturated heterocycles. The first-order chi connectivity index (χ1) is 6.31. The van der Waals surface area contributed by atoms with Crippen molar-refractivity contribution in [1.29, 1.82) is 0 Å². The van der Waals surface area contributed by atoms with Crippen molar-refractivity contribution in [1.82, 2.24) is 5.32 Å². The van der Waals surface area contributed by atoms with Crippen molar-refractivity contribution in [2.75, 3.05) is 18.6 Å². The van der Waals surface area contributed by atoms with Gasteiger partial charge in [0.1, 0.15) is 0 Å². The lowest BCUT2D eigenvalue weighted by Gasteiger charge is -2.13. The molecule has 0 aliphatic rings. The molecular weight excluding hydrogens is 215 g/mol. The van der Waals surface area contributed by atoms with Gasteiger partial charge in [-0.05, 0) is 13.3 Å². The van der Waals surface area contributed by atoms with Crippen LogP contribution in [-0.4, -0.2) is 35.0 Å². The van der Waals surface area contributed by atoms with Crippen LogP contribution < -0.4 is 5.32 Å². The van der Waals surface area contributed by atoms with Gasteiger partial charge in [0.25, 0.3) is 0 Å². The van der Waals surface area contributed by atoms with E-state index in [0.29, 0.717) is 12.2 Å². The number of hydrogen-bond donors (Lipinski definition) is 1. The van der Waals surface area contributed by atoms with Crippen molar-refractivity contribution in [2.24, 2.45) is 0 Å². The summed E-state index contributed by atoms with van der Waals surface area (Å²) in [5.41, 5.74) is 0. The fourth-order valence-corrected chi connectivity index (χ4v) is 1.59. The third kappa shape index (κ3) is 9.98. The standard InChI is InChI=1S/C8H16F3NOS/c1-7(3-6-14(2)13)12-5-4-8(9,10)11/h7,12H,3-6H2,1-2H3. The van der Waals surface area contributed by atoms with Crippen LogP contribution in [0.1, 0.15) is 19.8 Å². The minimum absolute atomic E-state index is 0.0127. The highest BCUT2D eigenvalue weighted by Gasteiger charge is 2.26. The maximum absolute atomic E-state index is 11.7. The zero-order valence-corrected chi connectivity index (χ0v) is 9.17. The summed E-state index contributed by atoms with van der Waals surface area (Å²) in [7, 11) is -0.871. The van der Waals surface area contributed by atoms with Gasteiger partial charge in [0.2, 0.25) is 0 Å². The minimum Gasteiger partial charge on any atom is -0.314 e. The third-order valence-electron chi connectivity index (χ3n) is 1.74. The van der Waals surface area contributed by atoms with Crippen LogP contribution in [0.3, 0.4) is 0 Å². The van der Waals surface area contributed by atoms with E-state index >= 15 is 0 Å². The summed E-state index contributed by atoms with van der Waals surface area (Å²) < 4.78 is 45.9. The average molecular weight is 231 g/mol. The number of halogens is 3. The SMILES string of the molecule is CC(CCS(C)=O)NCCC(F)(F)F. The Hall–Kier alpha value is -0.100. The first-order valence-corrected chi connectivity index (χ1v) is 6.14. The van der Waals surface area contributed by atoms with Crippen molar-refractivity contribution in [2.45, 2.75) is 32.0 Å². The predicted molar refractivity (Wildman–Crippen MR) is 51.7 cm³/mol. The molecule has 1 N–H and O–H groups in total. The Bertz CT molecular complexity index is 184. The zero-order valence-electron chi connectivity index (χ0n) is 8.36. The monoisotopic (exact) mass is 231 g/mol. The Balaban J connectivity index is 3.45. The van der Waals surface area contributed by atoms with E-state index in [4.69, 9.17) is 0 Å². The molecule has 0 amide bonds. The van der Waals surface area contributed by atoms with E-state index < -0.39 is 23.4 Å². The van der Waals surface area contributed by atoms with E-state index in [0.717, 1.165) is 0 Å². The highest BCUT2D eigenvalue weighted by molar-refractivity contribution is 7.84. The van der Waals surface area contributed by atoms with Gasteiger partial charge in [-0.2, -0.15) is 13.2 Å². The summed E-state index contributed by atoms with van der Waals surface area (Å²) >= 11 is 0. The van der Waals surface area contributed by atoms with Crippen LogP contribution in [0.5, 0.6) is 0 Å². The molecule has 0 radical (unpaired) electrons. The molecule has 0 heterocycles. The van der Waals surface area contributed by atoms with Crippen molar-refractivity contribution in [3.05, 3.63) is 0 Å². The first kappa shape index (κ1) is 13.9. The second-order valence-electron chi connectivity index (χ2n) is 3.29. The summed E-state index contributed by atoms with van der Waals surface area (Å²) in [5, 5.41) is 2.74. The molecule has 0 bridgehead atoms. The fourth-order valence-electron chi connectivity index (χ4n) is 0.905. The quantitative estimate of drug-likeness (QED) is 0.753. The summed E-state index contributed by atoms with van der Waals surface area (Å²) in [6, 6.07) is -0.0127. The molecule has 0 aliphatic heterocycles. The maximum Gasteiger partial charge on any atom is 0.390 e. The van der Waals surface area contributed by atoms with E-state index in [1.807, 2.05) is 0 Å². The van der Waals surface area contributed by atoms with Crippen molar-refractivity contribution in [3.63, 3.8) is 0 Å². The van der Waals surface area contributed by atoms with Crippen molar-refractivity contribution < 1.29 is 17.4 Å². The van der Waals surface area contributed by atoms with Gasteiger partial charge in [0.15, 0.2) is 0 Å². The Morgan fingerprint density at radius 3 is 2.43 bits per heavy atom. The number of nitrogens with one attached hydrogen (secondary N) is 1. The van der Waals surface area contributed by atoms with Gasteiger partial charge in [0.05, 0.1) is 6.42 Å². The topological polar surface area (TPSA) is 29.1 Å². The summed E-state index contributed by atoms with van der Waals surface area (Å²) in [6.07, 6.45) is -2.68. The molecule has 2 nitrogen and oxygen atoms in total. The maximum atomic E-state index is 11.7. The van der Waals surface area contributed by atoms with E-state index in [9.17, 15) is 17.4 Å². The van der Waals surface area contributed by atoms with Crippen LogP contribution in [0.2, 0.25) is 0 Å². The molecule has 0 aliphatic carbocycles. The Morgan fingerprint density at radius 2 is 2.00 bits per heavy atom. The predicted octanol–water partition coefficient (Wildman–Crippen LogP) is 1.69. The molecule has 2 unspecified atom stereocenters. The van der Waals surface area contributed by atoms with Gasteiger partial charge < -0.3 is 5.32 Å². The molecule has 86 valence electrons. The highest BCUT2D eigenvalue weighted by Crippen LogP contribution is 2.18. The lowest BCUT2D eigenvalue weighted by atomic mass is 10.2. The van der Waals surface area contributed by atoms with E-state index in [1.165, 1.54) is 0 Å². The molecule has 0 aromatic carbocycles. The zero-order chi connectivity index (χ0) is 11.2. The molecule has 2 atom stereocenters. The molecule has 0 saturated carbocycles. The third-order valence-corrected chi connectivity index (χ3v) is 2.55. The van der Waals surface area contributed by atoms with E-state index in [2.05, 4.69) is 5.32 Å². The highest BCUT2D eigenvalue weighted by atomic mass is 32.2. The van der Waals surface area contributed by atoms with Gasteiger partial charge in [-0.1, -0.05) is 0 Å². The van der Waals surface area contributed by atoms with Crippen LogP contribution >= 0.6 is 0 Å². The number of alkyl halides is 3. The number of hydrogen-bond acceptors (Lipinski definition) is 2. The molecule has 0 fully saturated rings. The largest absolute Gasteiger partial charge is 0.390 e. The summed E-state index contributed by atoms with van der Waals surface area (Å²) in [5.74, 6) is 0.528. The second-order valence-corrected chi connectivity index (χ2v) is 4.84. The molecule has 6 heteroatoms. The molecule has 0 aromatic rings. The van der Waals surface area contributed by atoms with Gasteiger partial charge >= 0.3 is 6.18 Å². The van der Waals surface area contributed by atoms with Gasteiger partial charge in [-0.3, -0.25) is 4.21 Å². The Labute approximate surface area is 84.7 Å². The second kappa shape index (κ2) is 6.40. The van der Waals surface area contributed by atoms with Crippen LogP contribution in [0.25, 0.3) is 0 Å². The van der Waals surface area contributed by atoms with Crippen molar-refractivity contribution in [3.8, 4) is 0 Å². The Morgan fingerprint density at radius 1 is 1.43 bits per heavy atom. The van der Waals surface area contributed by atoms with Crippen LogP contribution in [0.4, 0.5) is 13.2 Å². The normalized spacial score (nSPS) is 16.6. The Kier molecular flexibility index (Phi) is 6.35. The smallest absolute Gasteiger partial charge is 0.314 e. The summed E-state index contributed by atoms with van der Waals surface area (Å²) in [4.78, 5) is 0. The lowest BCUT2D eigenvalue weighted by Crippen LogP contribution is -2.30. The van der Waals surface area contributed by atoms with Crippen LogP contribution in [0.15, 0.2) is 0 Å². The fraction of sp³-hybridized carbons (Fsp3) is 1.00. The lowest BCUT2D eigenvalue weighted by molar-refractivity contribution is -0.133. The minimum atomic E-state index is -4.10. The van der Waals surface area contributed by atoms with E-state index in [-0.39, 0.29) is 12.6 Å². The van der Waals surface area contributed by atoms with E-state index in [1.54, 1.807) is 13.2 Å². The van der Waals surface area contributed by atoms with Gasteiger partial charge in [-0.15, -0.1) is 0 Å². The van der Waals surface area contributed by atoms with Gasteiger partial charge in [-0.25, -0.2) is 0 Å². The molecular formula is C8H16F3NOS. The van der Waals surface area contributed by atoms with Crippen LogP contribution in [0, 0.1) is 0 Å². The van der Waals surface area contributed by atoms with Gasteiger partial charge in [0, 0.05) is 35.4 Å². The molecule has 0 spiro atoms. The van der Waals surface area contributed by atoms with Crippen molar-refractivity contribution >= 4 is 10.8 Å². The molecule has 0 aromatic heterocycles.